The molecule has 44 heavy (non-hydrogen) atoms. The third kappa shape index (κ3) is 8.77. The summed E-state index contributed by atoms with van der Waals surface area (Å²) in [6, 6.07) is 1.55. The molecule has 16 heteroatoms. The molecule has 0 bridgehead atoms. The number of carbonyl (C=O) groups excluding carboxylic acids is 1. The minimum absolute atomic E-state index is 0.00231. The second-order valence-corrected chi connectivity index (χ2v) is 12.8. The van der Waals surface area contributed by atoms with Crippen LogP contribution in [0.4, 0.5) is 4.39 Å². The predicted octanol–water partition coefficient (Wildman–Crippen LogP) is 4.73. The van der Waals surface area contributed by atoms with Crippen molar-refractivity contribution in [2.24, 2.45) is 10.9 Å². The largest absolute Gasteiger partial charge is 0.494 e. The first-order valence-electron chi connectivity index (χ1n) is 14.3. The zero-order chi connectivity index (χ0) is 31.9. The van der Waals surface area contributed by atoms with Crippen LogP contribution < -0.4 is 14.3 Å². The van der Waals surface area contributed by atoms with Crippen LogP contribution in [-0.2, 0) is 20.3 Å². The minimum atomic E-state index is -4.43. The number of halogens is 1. The first-order chi connectivity index (χ1) is 21.0. The number of phosphoric ester groups is 1. The molecule has 1 unspecified atom stereocenters. The molecule has 240 valence electrons. The molecule has 3 aromatic rings. The van der Waals surface area contributed by atoms with Gasteiger partial charge in [0.1, 0.15) is 5.75 Å². The summed E-state index contributed by atoms with van der Waals surface area (Å²) in [5.74, 6) is -1.09. The van der Waals surface area contributed by atoms with Crippen molar-refractivity contribution < 1.29 is 42.3 Å². The van der Waals surface area contributed by atoms with Gasteiger partial charge in [0.25, 0.3) is 11.1 Å². The van der Waals surface area contributed by atoms with Crippen LogP contribution in [0.5, 0.6) is 10.9 Å². The maximum absolute atomic E-state index is 15.4. The molecule has 3 aromatic heterocycles. The molecule has 0 aromatic carbocycles. The molecule has 0 radical (unpaired) electrons. The van der Waals surface area contributed by atoms with Crippen LogP contribution in [0.3, 0.4) is 0 Å². The molecule has 3 heterocycles. The van der Waals surface area contributed by atoms with E-state index in [-0.39, 0.29) is 56.8 Å². The van der Waals surface area contributed by atoms with Crippen molar-refractivity contribution in [3.8, 4) is 22.1 Å². The van der Waals surface area contributed by atoms with Gasteiger partial charge in [0.15, 0.2) is 12.5 Å². The second-order valence-electron chi connectivity index (χ2n) is 10.4. The number of hydrogen-bond donors (Lipinski definition) is 2. The van der Waals surface area contributed by atoms with E-state index in [1.54, 1.807) is 13.0 Å². The molecule has 13 nitrogen and oxygen atoms in total. The molecule has 1 amide bonds. The number of rotatable bonds is 13. The van der Waals surface area contributed by atoms with Crippen molar-refractivity contribution in [2.45, 2.75) is 72.1 Å². The van der Waals surface area contributed by atoms with Gasteiger partial charge in [0.2, 0.25) is 4.80 Å². The number of aliphatic hydroxyl groups is 1. The molecule has 0 spiro atoms. The number of nitrogens with zero attached hydrogens (tertiary/aromatic N) is 5. The molecule has 1 aliphatic carbocycles. The average Bonchev–Trinajstić information content (AvgIpc) is 3.38. The first kappa shape index (κ1) is 33.8. The second kappa shape index (κ2) is 15.3. The van der Waals surface area contributed by atoms with E-state index < -0.39 is 26.3 Å². The Labute approximate surface area is 258 Å². The normalized spacial score (nSPS) is 18.7. The summed E-state index contributed by atoms with van der Waals surface area (Å²) in [6.45, 7) is 4.92. The van der Waals surface area contributed by atoms with E-state index in [0.717, 1.165) is 35.3 Å². The van der Waals surface area contributed by atoms with Crippen LogP contribution in [0.25, 0.3) is 11.1 Å². The van der Waals surface area contributed by atoms with Gasteiger partial charge in [-0.05, 0) is 69.3 Å². The molecule has 0 saturated heterocycles. The zero-order valence-corrected chi connectivity index (χ0v) is 26.8. The summed E-state index contributed by atoms with van der Waals surface area (Å²) in [4.78, 5) is 36.2. The summed E-state index contributed by atoms with van der Waals surface area (Å²) in [6.07, 6.45) is 6.66. The standard InChI is InChI=1S/C28H37FN5O8PS/c1-5-6-11-41-43(37,38)42-16-34-27(44-28(33-34)40-15-19-7-9-20(35)10-8-19)32-26(36)22-13-30-17(2)12-21(22)24-23(39-4)14-31-18(3)25(24)29/h12-14,19-20,35H,5-11,15-16H2,1-4H3,(H,37,38). The van der Waals surface area contributed by atoms with Gasteiger partial charge >= 0.3 is 7.82 Å². The third-order valence-corrected chi connectivity index (χ3v) is 8.88. The molecule has 1 atom stereocenters. The van der Waals surface area contributed by atoms with E-state index in [0.29, 0.717) is 31.6 Å². The number of pyridine rings is 2. The SMILES string of the molecule is CCCCOP(=O)(O)OCn1nc(OCC2CCC(O)CC2)sc1=NC(=O)c1cnc(C)cc1-c1c(OC)cnc(C)c1F. The minimum Gasteiger partial charge on any atom is -0.494 e. The fraction of sp³-hybridized carbons (Fsp3) is 0.536. The van der Waals surface area contributed by atoms with Crippen molar-refractivity contribution in [1.29, 1.82) is 0 Å². The van der Waals surface area contributed by atoms with Gasteiger partial charge in [-0.3, -0.25) is 23.8 Å². The number of amides is 1. The smallest absolute Gasteiger partial charge is 0.473 e. The van der Waals surface area contributed by atoms with Crippen LogP contribution in [0.2, 0.25) is 0 Å². The summed E-state index contributed by atoms with van der Waals surface area (Å²) in [5, 5.41) is 14.2. The van der Waals surface area contributed by atoms with E-state index >= 15 is 4.39 Å². The average molecular weight is 654 g/mol. The van der Waals surface area contributed by atoms with Gasteiger partial charge < -0.3 is 19.5 Å². The Kier molecular flexibility index (Phi) is 11.7. The summed E-state index contributed by atoms with van der Waals surface area (Å²) in [5.41, 5.74) is 0.877. The van der Waals surface area contributed by atoms with E-state index in [4.69, 9.17) is 18.5 Å². The molecule has 0 aliphatic heterocycles. The number of methoxy groups -OCH3 is 1. The van der Waals surface area contributed by atoms with Crippen LogP contribution >= 0.6 is 19.2 Å². The molecule has 4 rings (SSSR count). The Hall–Kier alpha value is -3.07. The summed E-state index contributed by atoms with van der Waals surface area (Å²) >= 11 is 0.933. The van der Waals surface area contributed by atoms with Gasteiger partial charge in [-0.25, -0.2) is 13.6 Å². The Morgan fingerprint density at radius 2 is 1.95 bits per heavy atom. The highest BCUT2D eigenvalue weighted by molar-refractivity contribution is 7.47. The van der Waals surface area contributed by atoms with Gasteiger partial charge in [-0.2, -0.15) is 4.99 Å². The van der Waals surface area contributed by atoms with Crippen LogP contribution in [-0.4, -0.2) is 62.1 Å². The molecule has 1 saturated carbocycles. The number of phosphoric acid groups is 1. The Morgan fingerprint density at radius 1 is 1.20 bits per heavy atom. The quantitative estimate of drug-likeness (QED) is 0.193. The number of ether oxygens (including phenoxy) is 2. The van der Waals surface area contributed by atoms with E-state index in [2.05, 4.69) is 20.1 Å². The maximum atomic E-state index is 15.4. The highest BCUT2D eigenvalue weighted by Gasteiger charge is 2.25. The number of hydrogen-bond acceptors (Lipinski definition) is 11. The molecule has 1 aliphatic rings. The number of carbonyl (C=O) groups is 1. The number of unbranched alkanes of at least 4 members (excludes halogenated alkanes) is 1. The van der Waals surface area contributed by atoms with Crippen molar-refractivity contribution >= 4 is 25.1 Å². The lowest BCUT2D eigenvalue weighted by Crippen LogP contribution is -2.22. The van der Waals surface area contributed by atoms with Crippen molar-refractivity contribution in [3.63, 3.8) is 0 Å². The highest BCUT2D eigenvalue weighted by atomic mass is 32.1. The Morgan fingerprint density at radius 3 is 2.66 bits per heavy atom. The topological polar surface area (TPSA) is 167 Å². The number of aliphatic hydroxyl groups excluding tert-OH is 1. The first-order valence-corrected chi connectivity index (χ1v) is 16.6. The highest BCUT2D eigenvalue weighted by Crippen LogP contribution is 2.43. The lowest BCUT2D eigenvalue weighted by atomic mass is 9.88. The van der Waals surface area contributed by atoms with E-state index in [1.807, 2.05) is 6.92 Å². The van der Waals surface area contributed by atoms with Crippen LogP contribution in [0.1, 0.15) is 67.2 Å². The molecular formula is C28H37FN5O8PS. The van der Waals surface area contributed by atoms with Crippen molar-refractivity contribution in [2.75, 3.05) is 20.3 Å². The van der Waals surface area contributed by atoms with Crippen LogP contribution in [0, 0.1) is 25.6 Å². The van der Waals surface area contributed by atoms with Gasteiger partial charge in [0, 0.05) is 17.5 Å². The van der Waals surface area contributed by atoms with Crippen LogP contribution in [0.15, 0.2) is 23.5 Å². The van der Waals surface area contributed by atoms with E-state index in [9.17, 15) is 19.4 Å². The Bertz CT molecular complexity index is 1570. The van der Waals surface area contributed by atoms with Crippen molar-refractivity contribution in [3.05, 3.63) is 46.0 Å². The maximum Gasteiger partial charge on any atom is 0.473 e. The van der Waals surface area contributed by atoms with Gasteiger partial charge in [-0.1, -0.05) is 13.3 Å². The zero-order valence-electron chi connectivity index (χ0n) is 25.1. The molecule has 2 N–H and O–H groups in total. The van der Waals surface area contributed by atoms with E-state index in [1.165, 1.54) is 26.4 Å². The third-order valence-electron chi connectivity index (χ3n) is 7.07. The lowest BCUT2D eigenvalue weighted by Gasteiger charge is -2.24. The predicted molar refractivity (Wildman–Crippen MR) is 159 cm³/mol. The van der Waals surface area contributed by atoms with Gasteiger partial charge in [-0.15, -0.1) is 5.10 Å². The van der Waals surface area contributed by atoms with Gasteiger partial charge in [0.05, 0.1) is 49.4 Å². The fourth-order valence-corrected chi connectivity index (χ4v) is 6.00. The van der Waals surface area contributed by atoms with Crippen molar-refractivity contribution in [1.82, 2.24) is 19.7 Å². The molecular weight excluding hydrogens is 616 g/mol. The fourth-order valence-electron chi connectivity index (χ4n) is 4.56. The lowest BCUT2D eigenvalue weighted by molar-refractivity contribution is 0.0897. The molecule has 1 fully saturated rings. The summed E-state index contributed by atoms with van der Waals surface area (Å²) in [7, 11) is -3.05. The Balaban J connectivity index is 1.68. The monoisotopic (exact) mass is 653 g/mol. The number of aryl methyl sites for hydroxylation is 2. The number of aromatic nitrogens is 4. The summed E-state index contributed by atoms with van der Waals surface area (Å²) < 4.78 is 50.2.